The number of hydrogen-bond donors (Lipinski definition) is 1. The summed E-state index contributed by atoms with van der Waals surface area (Å²) in [4.78, 5) is 6.85. The lowest BCUT2D eigenvalue weighted by Crippen LogP contribution is -2.41. The summed E-state index contributed by atoms with van der Waals surface area (Å²) in [6, 6.07) is 2.69. The zero-order chi connectivity index (χ0) is 11.7. The molecule has 2 atom stereocenters. The first-order chi connectivity index (χ1) is 7.58. The van der Waals surface area contributed by atoms with Gasteiger partial charge in [0.05, 0.1) is 11.9 Å². The number of rotatable bonds is 1. The van der Waals surface area contributed by atoms with E-state index in [9.17, 15) is 0 Å². The second-order valence-corrected chi connectivity index (χ2v) is 5.08. The smallest absolute Gasteiger partial charge is 0.129 e. The minimum atomic E-state index is 0.590. The van der Waals surface area contributed by atoms with E-state index in [-0.39, 0.29) is 0 Å². The molecule has 0 radical (unpaired) electrons. The summed E-state index contributed by atoms with van der Waals surface area (Å²) in [5.74, 6) is 1.83. The Labute approximate surface area is 97.7 Å². The highest BCUT2D eigenvalue weighted by Crippen LogP contribution is 2.27. The number of nitrogen functional groups attached to an aromatic ring is 1. The third-order valence-electron chi connectivity index (χ3n) is 3.55. The Balaban J connectivity index is 2.24. The van der Waals surface area contributed by atoms with Gasteiger partial charge in [-0.1, -0.05) is 6.92 Å². The first-order valence-corrected chi connectivity index (χ1v) is 6.06. The Hall–Kier alpha value is -1.25. The van der Waals surface area contributed by atoms with Crippen LogP contribution >= 0.6 is 0 Å². The summed E-state index contributed by atoms with van der Waals surface area (Å²) < 4.78 is 0. The largest absolute Gasteiger partial charge is 0.397 e. The fraction of sp³-hybridized carbons (Fsp3) is 0.615. The Morgan fingerprint density at radius 1 is 1.38 bits per heavy atom. The standard InChI is InChI=1S/C13H21N3/c1-9-4-5-11(3)16(8-9)13-6-10(2)12(14)7-15-13/h6-7,9,11H,4-5,8,14H2,1-3H3. The summed E-state index contributed by atoms with van der Waals surface area (Å²) in [6.45, 7) is 7.73. The number of nitrogens with zero attached hydrogens (tertiary/aromatic N) is 2. The van der Waals surface area contributed by atoms with Crippen LogP contribution in [0.5, 0.6) is 0 Å². The summed E-state index contributed by atoms with van der Waals surface area (Å²) in [6.07, 6.45) is 4.36. The molecule has 0 spiro atoms. The molecule has 1 saturated heterocycles. The molecular formula is C13H21N3. The van der Waals surface area contributed by atoms with Crippen LogP contribution in [0.1, 0.15) is 32.3 Å². The minimum absolute atomic E-state index is 0.590. The average Bonchev–Trinajstić information content (AvgIpc) is 2.26. The van der Waals surface area contributed by atoms with Crippen LogP contribution in [0.2, 0.25) is 0 Å². The Kier molecular flexibility index (Phi) is 3.03. The fourth-order valence-electron chi connectivity index (χ4n) is 2.32. The fourth-order valence-corrected chi connectivity index (χ4v) is 2.32. The zero-order valence-corrected chi connectivity index (χ0v) is 10.4. The predicted octanol–water partition coefficient (Wildman–Crippen LogP) is 2.60. The number of aryl methyl sites for hydroxylation is 1. The molecule has 1 fully saturated rings. The summed E-state index contributed by atoms with van der Waals surface area (Å²) in [7, 11) is 0. The number of hydrogen-bond acceptors (Lipinski definition) is 3. The zero-order valence-electron chi connectivity index (χ0n) is 10.4. The van der Waals surface area contributed by atoms with E-state index in [0.717, 1.165) is 29.5 Å². The van der Waals surface area contributed by atoms with E-state index in [4.69, 9.17) is 5.73 Å². The van der Waals surface area contributed by atoms with Crippen molar-refractivity contribution in [2.45, 2.75) is 39.7 Å². The molecule has 88 valence electrons. The SMILES string of the molecule is Cc1cc(N2CC(C)CCC2C)ncc1N. The van der Waals surface area contributed by atoms with E-state index in [0.29, 0.717) is 6.04 Å². The van der Waals surface area contributed by atoms with Gasteiger partial charge in [0.25, 0.3) is 0 Å². The average molecular weight is 219 g/mol. The third-order valence-corrected chi connectivity index (χ3v) is 3.55. The van der Waals surface area contributed by atoms with Crippen molar-refractivity contribution in [3.05, 3.63) is 17.8 Å². The molecule has 2 rings (SSSR count). The molecule has 0 aromatic carbocycles. The molecule has 1 aliphatic rings. The van der Waals surface area contributed by atoms with E-state index >= 15 is 0 Å². The molecule has 2 heterocycles. The Bertz CT molecular complexity index is 375. The van der Waals surface area contributed by atoms with Crippen LogP contribution in [0.15, 0.2) is 12.3 Å². The third kappa shape index (κ3) is 2.13. The number of aromatic nitrogens is 1. The maximum Gasteiger partial charge on any atom is 0.129 e. The summed E-state index contributed by atoms with van der Waals surface area (Å²) in [5, 5.41) is 0. The molecule has 0 aliphatic carbocycles. The highest BCUT2D eigenvalue weighted by atomic mass is 15.2. The molecule has 3 heteroatoms. The van der Waals surface area contributed by atoms with Gasteiger partial charge >= 0.3 is 0 Å². The van der Waals surface area contributed by atoms with Gasteiger partial charge in [0.2, 0.25) is 0 Å². The van der Waals surface area contributed by atoms with Crippen molar-refractivity contribution >= 4 is 11.5 Å². The summed E-state index contributed by atoms with van der Waals surface area (Å²) >= 11 is 0. The van der Waals surface area contributed by atoms with Crippen LogP contribution in [0, 0.1) is 12.8 Å². The molecule has 1 aliphatic heterocycles. The Morgan fingerprint density at radius 2 is 2.12 bits per heavy atom. The normalized spacial score (nSPS) is 25.8. The van der Waals surface area contributed by atoms with Crippen molar-refractivity contribution in [1.29, 1.82) is 0 Å². The molecule has 3 nitrogen and oxygen atoms in total. The van der Waals surface area contributed by atoms with Crippen LogP contribution < -0.4 is 10.6 Å². The van der Waals surface area contributed by atoms with Crippen molar-refractivity contribution < 1.29 is 0 Å². The van der Waals surface area contributed by atoms with Crippen LogP contribution in [0.4, 0.5) is 11.5 Å². The minimum Gasteiger partial charge on any atom is -0.397 e. The van der Waals surface area contributed by atoms with Crippen LogP contribution in [-0.2, 0) is 0 Å². The first-order valence-electron chi connectivity index (χ1n) is 6.06. The maximum atomic E-state index is 5.80. The lowest BCUT2D eigenvalue weighted by atomic mass is 9.95. The molecule has 0 bridgehead atoms. The van der Waals surface area contributed by atoms with Gasteiger partial charge in [0, 0.05) is 12.6 Å². The van der Waals surface area contributed by atoms with Gasteiger partial charge in [-0.3, -0.25) is 0 Å². The summed E-state index contributed by atoms with van der Waals surface area (Å²) in [5.41, 5.74) is 7.70. The van der Waals surface area contributed by atoms with E-state index in [1.54, 1.807) is 6.20 Å². The van der Waals surface area contributed by atoms with Gasteiger partial charge in [0.1, 0.15) is 5.82 Å². The van der Waals surface area contributed by atoms with Gasteiger partial charge in [0.15, 0.2) is 0 Å². The lowest BCUT2D eigenvalue weighted by Gasteiger charge is -2.37. The van der Waals surface area contributed by atoms with E-state index in [2.05, 4.69) is 29.8 Å². The molecule has 0 amide bonds. The molecule has 2 N–H and O–H groups in total. The van der Waals surface area contributed by atoms with Gasteiger partial charge in [-0.05, 0) is 44.2 Å². The highest BCUT2D eigenvalue weighted by Gasteiger charge is 2.23. The van der Waals surface area contributed by atoms with Gasteiger partial charge in [-0.2, -0.15) is 0 Å². The van der Waals surface area contributed by atoms with Crippen molar-refractivity contribution in [1.82, 2.24) is 4.98 Å². The predicted molar refractivity (Wildman–Crippen MR) is 68.6 cm³/mol. The second-order valence-electron chi connectivity index (χ2n) is 5.08. The first kappa shape index (κ1) is 11.2. The topological polar surface area (TPSA) is 42.2 Å². The van der Waals surface area contributed by atoms with Crippen molar-refractivity contribution in [3.63, 3.8) is 0 Å². The lowest BCUT2D eigenvalue weighted by molar-refractivity contribution is 0.388. The highest BCUT2D eigenvalue weighted by molar-refractivity contribution is 5.52. The van der Waals surface area contributed by atoms with E-state index in [1.807, 2.05) is 6.92 Å². The molecule has 1 aromatic heterocycles. The quantitative estimate of drug-likeness (QED) is 0.789. The van der Waals surface area contributed by atoms with Crippen molar-refractivity contribution in [2.24, 2.45) is 5.92 Å². The molecule has 0 saturated carbocycles. The maximum absolute atomic E-state index is 5.80. The molecular weight excluding hydrogens is 198 g/mol. The van der Waals surface area contributed by atoms with Gasteiger partial charge in [-0.15, -0.1) is 0 Å². The Morgan fingerprint density at radius 3 is 2.81 bits per heavy atom. The van der Waals surface area contributed by atoms with Crippen molar-refractivity contribution in [2.75, 3.05) is 17.2 Å². The van der Waals surface area contributed by atoms with E-state index in [1.165, 1.54) is 12.8 Å². The number of nitrogens with two attached hydrogens (primary N) is 1. The van der Waals surface area contributed by atoms with Gasteiger partial charge < -0.3 is 10.6 Å². The van der Waals surface area contributed by atoms with Gasteiger partial charge in [-0.25, -0.2) is 4.98 Å². The monoisotopic (exact) mass is 219 g/mol. The number of pyridine rings is 1. The van der Waals surface area contributed by atoms with E-state index < -0.39 is 0 Å². The number of anilines is 2. The van der Waals surface area contributed by atoms with Crippen LogP contribution in [0.25, 0.3) is 0 Å². The second kappa shape index (κ2) is 4.32. The van der Waals surface area contributed by atoms with Crippen molar-refractivity contribution in [3.8, 4) is 0 Å². The van der Waals surface area contributed by atoms with Crippen LogP contribution in [0.3, 0.4) is 0 Å². The molecule has 1 aromatic rings. The molecule has 16 heavy (non-hydrogen) atoms. The van der Waals surface area contributed by atoms with Crippen LogP contribution in [-0.4, -0.2) is 17.6 Å². The molecule has 2 unspecified atom stereocenters. The number of piperidine rings is 1.